The molecule has 1 fully saturated rings. The van der Waals surface area contributed by atoms with Crippen molar-refractivity contribution in [3.05, 3.63) is 16.1 Å². The van der Waals surface area contributed by atoms with Crippen LogP contribution in [0.4, 0.5) is 18.0 Å². The van der Waals surface area contributed by atoms with Gasteiger partial charge in [0.1, 0.15) is 5.01 Å². The van der Waals surface area contributed by atoms with Gasteiger partial charge in [0, 0.05) is 18.5 Å². The molecule has 2 atom stereocenters. The van der Waals surface area contributed by atoms with Gasteiger partial charge in [0.15, 0.2) is 5.69 Å². The van der Waals surface area contributed by atoms with Crippen LogP contribution in [0.1, 0.15) is 42.9 Å². The van der Waals surface area contributed by atoms with Crippen molar-refractivity contribution in [3.8, 4) is 0 Å². The molecule has 0 unspecified atom stereocenters. The van der Waals surface area contributed by atoms with E-state index in [-0.39, 0.29) is 11.1 Å². The highest BCUT2D eigenvalue weighted by Crippen LogP contribution is 2.32. The summed E-state index contributed by atoms with van der Waals surface area (Å²) in [6.45, 7) is 2.87. The Morgan fingerprint density at radius 1 is 1.59 bits per heavy atom. The minimum Gasteiger partial charge on any atom is -0.376 e. The molecule has 5 nitrogen and oxygen atoms in total. The molecule has 1 aliphatic rings. The molecule has 124 valence electrons. The number of halogens is 3. The lowest BCUT2D eigenvalue weighted by Crippen LogP contribution is -2.41. The summed E-state index contributed by atoms with van der Waals surface area (Å²) in [5, 5.41) is 6.54. The molecule has 1 aliphatic heterocycles. The highest BCUT2D eigenvalue weighted by Gasteiger charge is 2.34. The third kappa shape index (κ3) is 4.57. The summed E-state index contributed by atoms with van der Waals surface area (Å²) in [5.41, 5.74) is -0.924. The van der Waals surface area contributed by atoms with Crippen LogP contribution in [0.5, 0.6) is 0 Å². The van der Waals surface area contributed by atoms with Gasteiger partial charge in [-0.25, -0.2) is 9.78 Å². The maximum Gasteiger partial charge on any atom is 0.434 e. The fourth-order valence-electron chi connectivity index (χ4n) is 2.14. The second-order valence-electron chi connectivity index (χ2n) is 5.02. The van der Waals surface area contributed by atoms with E-state index < -0.39 is 23.9 Å². The summed E-state index contributed by atoms with van der Waals surface area (Å²) >= 11 is 0.896. The molecule has 0 aromatic carbocycles. The van der Waals surface area contributed by atoms with Gasteiger partial charge in [-0.1, -0.05) is 6.92 Å². The van der Waals surface area contributed by atoms with E-state index in [1.807, 2.05) is 0 Å². The predicted octanol–water partition coefficient (Wildman–Crippen LogP) is 3.09. The Morgan fingerprint density at radius 3 is 2.91 bits per heavy atom. The molecular weight excluding hydrogens is 319 g/mol. The number of aromatic nitrogens is 1. The van der Waals surface area contributed by atoms with E-state index >= 15 is 0 Å². The summed E-state index contributed by atoms with van der Waals surface area (Å²) in [6, 6.07) is -0.961. The molecule has 0 spiro atoms. The lowest BCUT2D eigenvalue weighted by molar-refractivity contribution is -0.140. The van der Waals surface area contributed by atoms with Gasteiger partial charge in [-0.15, -0.1) is 11.3 Å². The van der Waals surface area contributed by atoms with Gasteiger partial charge in [0.25, 0.3) is 0 Å². The Balaban J connectivity index is 1.88. The van der Waals surface area contributed by atoms with E-state index in [0.717, 1.165) is 29.6 Å². The zero-order valence-corrected chi connectivity index (χ0v) is 12.9. The minimum atomic E-state index is -4.46. The molecule has 2 amide bonds. The average molecular weight is 337 g/mol. The molecule has 0 radical (unpaired) electrons. The monoisotopic (exact) mass is 337 g/mol. The molecule has 1 aromatic heterocycles. The number of rotatable bonds is 5. The van der Waals surface area contributed by atoms with Crippen LogP contribution in [0.3, 0.4) is 0 Å². The molecule has 2 heterocycles. The average Bonchev–Trinajstić information content (AvgIpc) is 3.12. The summed E-state index contributed by atoms with van der Waals surface area (Å²) in [5.74, 6) is 0. The van der Waals surface area contributed by atoms with E-state index in [9.17, 15) is 18.0 Å². The third-order valence-electron chi connectivity index (χ3n) is 3.34. The van der Waals surface area contributed by atoms with E-state index in [0.29, 0.717) is 19.6 Å². The lowest BCUT2D eigenvalue weighted by atomic mass is 10.2. The van der Waals surface area contributed by atoms with Crippen molar-refractivity contribution in [1.82, 2.24) is 15.6 Å². The number of nitrogens with one attached hydrogen (secondary N) is 2. The van der Waals surface area contributed by atoms with Gasteiger partial charge in [-0.05, 0) is 19.3 Å². The topological polar surface area (TPSA) is 63.2 Å². The second kappa shape index (κ2) is 7.28. The van der Waals surface area contributed by atoms with Crippen molar-refractivity contribution in [2.45, 2.75) is 44.5 Å². The summed E-state index contributed by atoms with van der Waals surface area (Å²) in [6.07, 6.45) is -2.11. The van der Waals surface area contributed by atoms with E-state index in [1.54, 1.807) is 6.92 Å². The van der Waals surface area contributed by atoms with Crippen LogP contribution in [-0.2, 0) is 10.9 Å². The number of hydrogen-bond acceptors (Lipinski definition) is 4. The fourth-order valence-corrected chi connectivity index (χ4v) is 3.10. The molecule has 1 aromatic rings. The normalized spacial score (nSPS) is 19.9. The SMILES string of the molecule is CC[C@@H](NC(=O)NC[C@@H]1CCCO1)c1nc(C(F)(F)F)cs1. The number of hydrogen-bond donors (Lipinski definition) is 2. The van der Waals surface area contributed by atoms with Crippen molar-refractivity contribution in [1.29, 1.82) is 0 Å². The molecule has 2 N–H and O–H groups in total. The summed E-state index contributed by atoms with van der Waals surface area (Å²) in [7, 11) is 0. The quantitative estimate of drug-likeness (QED) is 0.868. The van der Waals surface area contributed by atoms with Crippen LogP contribution in [0.25, 0.3) is 0 Å². The Morgan fingerprint density at radius 2 is 2.36 bits per heavy atom. The van der Waals surface area contributed by atoms with Gasteiger partial charge < -0.3 is 15.4 Å². The van der Waals surface area contributed by atoms with Gasteiger partial charge in [-0.3, -0.25) is 0 Å². The second-order valence-corrected chi connectivity index (χ2v) is 5.91. The van der Waals surface area contributed by atoms with Crippen molar-refractivity contribution in [2.75, 3.05) is 13.2 Å². The number of urea groups is 1. The van der Waals surface area contributed by atoms with Crippen molar-refractivity contribution in [3.63, 3.8) is 0 Å². The Labute approximate surface area is 130 Å². The van der Waals surface area contributed by atoms with E-state index in [4.69, 9.17) is 4.74 Å². The molecule has 0 saturated carbocycles. The maximum absolute atomic E-state index is 12.6. The number of nitrogens with zero attached hydrogens (tertiary/aromatic N) is 1. The smallest absolute Gasteiger partial charge is 0.376 e. The molecule has 22 heavy (non-hydrogen) atoms. The number of amides is 2. The third-order valence-corrected chi connectivity index (χ3v) is 4.30. The van der Waals surface area contributed by atoms with Gasteiger partial charge in [0.2, 0.25) is 0 Å². The van der Waals surface area contributed by atoms with Gasteiger partial charge >= 0.3 is 12.2 Å². The van der Waals surface area contributed by atoms with Crippen LogP contribution in [-0.4, -0.2) is 30.3 Å². The Bertz CT molecular complexity index is 501. The first-order chi connectivity index (χ1) is 10.4. The highest BCUT2D eigenvalue weighted by atomic mass is 32.1. The highest BCUT2D eigenvalue weighted by molar-refractivity contribution is 7.09. The molecule has 1 saturated heterocycles. The van der Waals surface area contributed by atoms with Crippen molar-refractivity contribution < 1.29 is 22.7 Å². The largest absolute Gasteiger partial charge is 0.434 e. The molecule has 0 bridgehead atoms. The molecule has 0 aliphatic carbocycles. The molecular formula is C13H18F3N3O2S. The fraction of sp³-hybridized carbons (Fsp3) is 0.692. The van der Waals surface area contributed by atoms with E-state index in [1.165, 1.54) is 0 Å². The maximum atomic E-state index is 12.6. The van der Waals surface area contributed by atoms with Crippen molar-refractivity contribution >= 4 is 17.4 Å². The van der Waals surface area contributed by atoms with Crippen LogP contribution < -0.4 is 10.6 Å². The number of alkyl halides is 3. The van der Waals surface area contributed by atoms with Gasteiger partial charge in [0.05, 0.1) is 12.1 Å². The molecule has 2 rings (SSSR count). The lowest BCUT2D eigenvalue weighted by Gasteiger charge is -2.16. The van der Waals surface area contributed by atoms with Crippen LogP contribution >= 0.6 is 11.3 Å². The summed E-state index contributed by atoms with van der Waals surface area (Å²) < 4.78 is 43.0. The number of ether oxygens (including phenoxy) is 1. The minimum absolute atomic E-state index is 0.0162. The van der Waals surface area contributed by atoms with Crippen LogP contribution in [0.2, 0.25) is 0 Å². The Kier molecular flexibility index (Phi) is 5.63. The standard InChI is InChI=1S/C13H18F3N3O2S/c1-2-9(11-19-10(7-22-11)13(14,15)16)18-12(20)17-6-8-4-3-5-21-8/h7-9H,2-6H2,1H3,(H2,17,18,20)/t8-,9+/m0/s1. The van der Waals surface area contributed by atoms with E-state index in [2.05, 4.69) is 15.6 Å². The first-order valence-corrected chi connectivity index (χ1v) is 7.96. The van der Waals surface area contributed by atoms with Crippen LogP contribution in [0, 0.1) is 0 Å². The zero-order chi connectivity index (χ0) is 16.2. The first kappa shape index (κ1) is 17.0. The predicted molar refractivity (Wildman–Crippen MR) is 75.7 cm³/mol. The molecule has 9 heteroatoms. The van der Waals surface area contributed by atoms with Crippen LogP contribution in [0.15, 0.2) is 5.38 Å². The number of thiazole rings is 1. The van der Waals surface area contributed by atoms with Gasteiger partial charge in [-0.2, -0.15) is 13.2 Å². The number of carbonyl (C=O) groups excluding carboxylic acids is 1. The Hall–Kier alpha value is -1.35. The first-order valence-electron chi connectivity index (χ1n) is 7.08. The zero-order valence-electron chi connectivity index (χ0n) is 12.1. The van der Waals surface area contributed by atoms with Crippen molar-refractivity contribution in [2.24, 2.45) is 0 Å². The summed E-state index contributed by atoms with van der Waals surface area (Å²) in [4.78, 5) is 15.4. The number of carbonyl (C=O) groups is 1.